The molecule has 0 unspecified atom stereocenters. The van der Waals surface area contributed by atoms with Gasteiger partial charge in [0, 0.05) is 18.9 Å². The topological polar surface area (TPSA) is 352 Å². The predicted octanol–water partition coefficient (Wildman–Crippen LogP) is 15.6. The second kappa shape index (κ2) is 38.0. The average Bonchev–Trinajstić information content (AvgIpc) is 1.67. The molecule has 27 nitrogen and oxygen atoms in total. The van der Waals surface area contributed by atoms with E-state index in [-0.39, 0.29) is 65.1 Å². The molecule has 0 radical (unpaired) electrons. The molecule has 1 aliphatic carbocycles. The number of carboxylic acids is 1. The molecule has 0 saturated heterocycles. The number of aromatic nitrogens is 10. The van der Waals surface area contributed by atoms with E-state index in [9.17, 15) is 41.8 Å². The highest BCUT2D eigenvalue weighted by molar-refractivity contribution is 6.08. The van der Waals surface area contributed by atoms with Crippen LogP contribution in [0, 0.1) is 29.2 Å². The maximum Gasteiger partial charge on any atom is 0.339 e. The Balaban J connectivity index is 0.000000144. The molecule has 1 saturated carbocycles. The van der Waals surface area contributed by atoms with E-state index in [4.69, 9.17) is 42.3 Å². The Morgan fingerprint density at radius 1 is 0.427 bits per heavy atom. The zero-order valence-electron chi connectivity index (χ0n) is 64.2. The molecule has 598 valence electrons. The van der Waals surface area contributed by atoms with E-state index in [2.05, 4.69) is 66.7 Å². The molecule has 6 heterocycles. The molecular weight excluding hydrogens is 1520 g/mol. The van der Waals surface area contributed by atoms with E-state index in [1.807, 2.05) is 12.2 Å². The highest BCUT2D eigenvalue weighted by atomic mass is 19.1. The number of ether oxygens (including phenoxy) is 8. The summed E-state index contributed by atoms with van der Waals surface area (Å²) in [5.41, 5.74) is 10.00. The molecule has 0 aliphatic heterocycles. The summed E-state index contributed by atoms with van der Waals surface area (Å²) in [6.45, 7) is 1.18. The first-order chi connectivity index (χ1) is 56.8. The number of nitrogens with one attached hydrogen (secondary N) is 7. The molecule has 0 atom stereocenters. The minimum absolute atomic E-state index is 0.0505. The van der Waals surface area contributed by atoms with Gasteiger partial charge >= 0.3 is 5.97 Å². The molecule has 1 aliphatic rings. The van der Waals surface area contributed by atoms with Crippen molar-refractivity contribution >= 4 is 116 Å². The first-order valence-corrected chi connectivity index (χ1v) is 36.0. The van der Waals surface area contributed by atoms with Gasteiger partial charge in [-0.05, 0) is 175 Å². The zero-order valence-corrected chi connectivity index (χ0v) is 64.2. The third kappa shape index (κ3) is 19.4. The number of hydrogen-bond donors (Lipinski definition) is 8. The Bertz CT molecular complexity index is 6050. The number of nitrogens with zero attached hydrogens (tertiary/aromatic N) is 6. The van der Waals surface area contributed by atoms with Crippen LogP contribution in [0.15, 0.2) is 163 Å². The number of benzene rings is 8. The maximum atomic E-state index is 13.7. The lowest BCUT2D eigenvalue weighted by atomic mass is 10.1. The fraction of sp³-hybridized carbons (Fsp3) is 0.163. The monoisotopic (exact) mass is 1590 g/mol. The molecule has 8 aromatic carbocycles. The first kappa shape index (κ1) is 81.4. The highest BCUT2D eigenvalue weighted by Crippen LogP contribution is 2.38. The second-order valence-electron chi connectivity index (χ2n) is 25.7. The van der Waals surface area contributed by atoms with Crippen LogP contribution in [-0.4, -0.2) is 143 Å². The molecule has 3 amide bonds. The number of carbonyl (C=O) groups is 4. The standard InChI is InChI=1S/C23H20FN5O3.C23H20FN3O4.C22H22FN3O3.C18H15FN2O4/c1-31-20-11-14(3-6-17(20)24)4-7-18-21-19(29-28-18)8-5-16(22(21)32-2)23(30)27-13-15-12-25-9-10-26-15;1-29-20-12-14(5-8-17(20)24)6-9-18-21-19(27-26-18)10-7-16(22(21)30-2)23(28)25-13-15-4-3-11-31-15;1-28-19-11-13(5-8-16(19)23)6-9-17-20-18(26-25-17)10-7-15(21(20)29-2)22(27)24-12-14-3-4-14;1-24-15-9-10(3-6-12(15)19)4-7-13-16-14(21-20-13)8-5-11(18(22)23)17(16)25-2/h3-12H,13H2,1-2H3,(H,27,30)(H,28,29);3-12H,13H2,1-2H3,(H,25,28)(H,26,27);5-11,14H,3-4,12H2,1-2H3,(H,24,27)(H,25,26);3-9H,1-2H3,(H,20,21)(H,22,23)/b7-4+;2*9-6+;7-4+. The minimum Gasteiger partial charge on any atom is -0.495 e. The van der Waals surface area contributed by atoms with Gasteiger partial charge in [0.25, 0.3) is 17.7 Å². The van der Waals surface area contributed by atoms with Crippen LogP contribution in [0.1, 0.15) is 111 Å². The summed E-state index contributed by atoms with van der Waals surface area (Å²) < 4.78 is 102. The fourth-order valence-corrected chi connectivity index (χ4v) is 12.3. The number of furan rings is 1. The van der Waals surface area contributed by atoms with Crippen LogP contribution in [0.25, 0.3) is 92.2 Å². The van der Waals surface area contributed by atoms with E-state index >= 15 is 0 Å². The number of aromatic carboxylic acids is 1. The van der Waals surface area contributed by atoms with E-state index < -0.39 is 29.2 Å². The van der Waals surface area contributed by atoms with Gasteiger partial charge < -0.3 is 63.4 Å². The van der Waals surface area contributed by atoms with Gasteiger partial charge in [0.15, 0.2) is 46.3 Å². The van der Waals surface area contributed by atoms with E-state index in [1.54, 1.807) is 164 Å². The van der Waals surface area contributed by atoms with Crippen molar-refractivity contribution in [3.8, 4) is 46.0 Å². The van der Waals surface area contributed by atoms with Gasteiger partial charge in [0.1, 0.15) is 34.3 Å². The molecule has 0 spiro atoms. The summed E-state index contributed by atoms with van der Waals surface area (Å²) in [5.74, 6) is -0.212. The summed E-state index contributed by atoms with van der Waals surface area (Å²) in [5, 5.41) is 49.3. The molecule has 117 heavy (non-hydrogen) atoms. The number of aromatic amines is 4. The van der Waals surface area contributed by atoms with Gasteiger partial charge in [-0.25, -0.2) is 22.4 Å². The lowest BCUT2D eigenvalue weighted by Crippen LogP contribution is -2.26. The van der Waals surface area contributed by atoms with Crippen molar-refractivity contribution in [2.75, 3.05) is 63.4 Å². The van der Waals surface area contributed by atoms with Crippen molar-refractivity contribution in [2.45, 2.75) is 25.9 Å². The summed E-state index contributed by atoms with van der Waals surface area (Å²) in [6, 6.07) is 35.1. The Kier molecular flexibility index (Phi) is 26.4. The van der Waals surface area contributed by atoms with E-state index in [1.165, 1.54) is 100 Å². The predicted molar refractivity (Wildman–Crippen MR) is 433 cm³/mol. The number of amides is 3. The van der Waals surface area contributed by atoms with E-state index in [0.717, 1.165) is 22.1 Å². The molecule has 15 rings (SSSR count). The van der Waals surface area contributed by atoms with Crippen molar-refractivity contribution in [3.63, 3.8) is 0 Å². The van der Waals surface area contributed by atoms with Crippen LogP contribution in [0.3, 0.4) is 0 Å². The Morgan fingerprint density at radius 2 is 0.769 bits per heavy atom. The van der Waals surface area contributed by atoms with Crippen molar-refractivity contribution in [1.29, 1.82) is 0 Å². The van der Waals surface area contributed by atoms with E-state index in [0.29, 0.717) is 124 Å². The lowest BCUT2D eigenvalue weighted by molar-refractivity contribution is 0.0692. The summed E-state index contributed by atoms with van der Waals surface area (Å²) in [6.07, 6.45) is 22.8. The maximum absolute atomic E-state index is 13.7. The molecule has 8 N–H and O–H groups in total. The molecular formula is C86H77F4N13O14. The van der Waals surface area contributed by atoms with Gasteiger partial charge in [-0.3, -0.25) is 44.7 Å². The third-order valence-electron chi connectivity index (χ3n) is 18.4. The average molecular weight is 1590 g/mol. The van der Waals surface area contributed by atoms with Gasteiger partial charge in [-0.1, -0.05) is 48.6 Å². The SMILES string of the molecule is COc1cc(/C=C/c2[nH]nc3ccc(C(=O)NCC4CC4)c(OC)c23)ccc1F.COc1cc(/C=C/c2[nH]nc3ccc(C(=O)NCc4ccco4)c(OC)c23)ccc1F.COc1cc(/C=C/c2[nH]nc3ccc(C(=O)NCc4cnccn4)c(OC)c23)ccc1F.COc1cc(/C=C/c2[nH]nc3ccc(C(=O)O)c(OC)c23)ccc1F. The smallest absolute Gasteiger partial charge is 0.339 e. The number of methoxy groups -OCH3 is 8. The van der Waals surface area contributed by atoms with Gasteiger partial charge in [0.2, 0.25) is 0 Å². The summed E-state index contributed by atoms with van der Waals surface area (Å²) >= 11 is 0. The van der Waals surface area contributed by atoms with Crippen LogP contribution in [0.2, 0.25) is 0 Å². The largest absolute Gasteiger partial charge is 0.495 e. The molecule has 1 fully saturated rings. The van der Waals surface area contributed by atoms with Gasteiger partial charge in [0.05, 0.1) is 171 Å². The number of carbonyl (C=O) groups excluding carboxylic acids is 3. The van der Waals surface area contributed by atoms with Crippen molar-refractivity contribution < 1.29 is 84.2 Å². The number of H-pyrrole nitrogens is 4. The number of hydrogen-bond acceptors (Lipinski definition) is 19. The normalized spacial score (nSPS) is 11.8. The molecule has 14 aromatic rings. The van der Waals surface area contributed by atoms with Crippen LogP contribution < -0.4 is 53.8 Å². The van der Waals surface area contributed by atoms with Crippen LogP contribution in [0.5, 0.6) is 46.0 Å². The second-order valence-corrected chi connectivity index (χ2v) is 25.7. The van der Waals surface area contributed by atoms with Crippen LogP contribution in [0.4, 0.5) is 17.6 Å². The number of halogens is 4. The first-order valence-electron chi connectivity index (χ1n) is 36.0. The summed E-state index contributed by atoms with van der Waals surface area (Å²) in [4.78, 5) is 57.7. The van der Waals surface area contributed by atoms with Crippen LogP contribution in [-0.2, 0) is 13.1 Å². The zero-order chi connectivity index (χ0) is 82.7. The summed E-state index contributed by atoms with van der Waals surface area (Å²) in [7, 11) is 11.6. The molecule has 6 aromatic heterocycles. The van der Waals surface area contributed by atoms with Crippen molar-refractivity contribution in [2.24, 2.45) is 5.92 Å². The lowest BCUT2D eigenvalue weighted by Gasteiger charge is -2.10. The highest BCUT2D eigenvalue weighted by Gasteiger charge is 2.26. The molecule has 0 bridgehead atoms. The molecule has 31 heteroatoms. The minimum atomic E-state index is -1.09. The van der Waals surface area contributed by atoms with Crippen LogP contribution >= 0.6 is 0 Å². The Hall–Kier alpha value is -15.0. The Labute approximate surface area is 665 Å². The third-order valence-corrected chi connectivity index (χ3v) is 18.4. The Morgan fingerprint density at radius 3 is 1.08 bits per heavy atom. The number of carboxylic acid groups (broad SMARTS) is 1. The van der Waals surface area contributed by atoms with Crippen molar-refractivity contribution in [1.82, 2.24) is 66.7 Å². The van der Waals surface area contributed by atoms with Crippen molar-refractivity contribution in [3.05, 3.63) is 260 Å². The fourth-order valence-electron chi connectivity index (χ4n) is 12.3. The van der Waals surface area contributed by atoms with Gasteiger partial charge in [-0.2, -0.15) is 20.4 Å². The number of fused-ring (bicyclic) bond motifs is 4. The quantitative estimate of drug-likeness (QED) is 0.0233. The number of rotatable bonds is 26. The van der Waals surface area contributed by atoms with Gasteiger partial charge in [-0.15, -0.1) is 0 Å².